The van der Waals surface area contributed by atoms with Gasteiger partial charge in [0.05, 0.1) is 29.4 Å². The zero-order chi connectivity index (χ0) is 14.3. The molecule has 1 rings (SSSR count). The van der Waals surface area contributed by atoms with Crippen molar-refractivity contribution in [2.75, 3.05) is 0 Å². The van der Waals surface area contributed by atoms with Crippen LogP contribution in [0.5, 0.6) is 0 Å². The average Bonchev–Trinajstić information content (AvgIpc) is 2.48. The molecule has 0 aromatic rings. The van der Waals surface area contributed by atoms with Gasteiger partial charge in [0.1, 0.15) is 0 Å². The molecule has 96 valence electrons. The van der Waals surface area contributed by atoms with E-state index in [1.165, 1.54) is 0 Å². The van der Waals surface area contributed by atoms with E-state index in [1.807, 2.05) is 0 Å². The molecule has 1 aliphatic carbocycles. The van der Waals surface area contributed by atoms with Gasteiger partial charge in [-0.1, -0.05) is 0 Å². The summed E-state index contributed by atoms with van der Waals surface area (Å²) in [6.07, 6.45) is -14.5. The van der Waals surface area contributed by atoms with Crippen molar-refractivity contribution < 1.29 is 82.1 Å². The van der Waals surface area contributed by atoms with Crippen molar-refractivity contribution in [2.24, 2.45) is 0 Å². The molecule has 1 atom stereocenters. The number of nitrogens with zero attached hydrogens (tertiary/aromatic N) is 2. The van der Waals surface area contributed by atoms with Crippen LogP contribution in [0.15, 0.2) is 22.4 Å². The van der Waals surface area contributed by atoms with Crippen LogP contribution in [0.3, 0.4) is 0 Å². The number of rotatable bonds is 0. The van der Waals surface area contributed by atoms with Gasteiger partial charge in [0.15, 0.2) is 6.17 Å². The standard InChI is InChI=1S/C9HF7N2.K/c1-18-7-3(2-17)4(8(11,12)13)6(10)5(7)9(14,15)16;/h6H;/q;+1. The minimum absolute atomic E-state index is 0. The van der Waals surface area contributed by atoms with Crippen molar-refractivity contribution in [1.82, 2.24) is 0 Å². The van der Waals surface area contributed by atoms with Crippen molar-refractivity contribution in [1.29, 1.82) is 5.26 Å². The van der Waals surface area contributed by atoms with Crippen molar-refractivity contribution in [3.8, 4) is 6.07 Å². The third-order valence-corrected chi connectivity index (χ3v) is 2.10. The summed E-state index contributed by atoms with van der Waals surface area (Å²) < 4.78 is 87.5. The van der Waals surface area contributed by atoms with E-state index in [0.29, 0.717) is 0 Å². The molecule has 0 saturated heterocycles. The molecule has 0 bridgehead atoms. The van der Waals surface area contributed by atoms with E-state index in [9.17, 15) is 30.7 Å². The summed E-state index contributed by atoms with van der Waals surface area (Å²) in [7, 11) is 0. The van der Waals surface area contributed by atoms with Crippen LogP contribution in [0.1, 0.15) is 0 Å². The van der Waals surface area contributed by atoms with Gasteiger partial charge in [-0.2, -0.15) is 31.6 Å². The van der Waals surface area contributed by atoms with Gasteiger partial charge in [-0.25, -0.2) is 9.24 Å². The third-order valence-electron chi connectivity index (χ3n) is 2.10. The normalized spacial score (nSPS) is 19.9. The quantitative estimate of drug-likeness (QED) is 0.363. The molecule has 0 fully saturated rings. The summed E-state index contributed by atoms with van der Waals surface area (Å²) in [4.78, 5) is 2.19. The minimum Gasteiger partial charge on any atom is -0.238 e. The maximum Gasteiger partial charge on any atom is 1.00 e. The van der Waals surface area contributed by atoms with Gasteiger partial charge >= 0.3 is 63.7 Å². The second kappa shape index (κ2) is 5.93. The summed E-state index contributed by atoms with van der Waals surface area (Å²) in [6, 6.07) is 0.802. The molecule has 1 aliphatic rings. The van der Waals surface area contributed by atoms with Crippen molar-refractivity contribution in [3.05, 3.63) is 33.8 Å². The van der Waals surface area contributed by atoms with Crippen LogP contribution in [0.4, 0.5) is 30.7 Å². The fraction of sp³-hybridized carbons (Fsp3) is 0.333. The Hall–Kier alpha value is -0.394. The molecular weight excluding hydrogens is 308 g/mol. The Morgan fingerprint density at radius 3 is 1.74 bits per heavy atom. The predicted octanol–water partition coefficient (Wildman–Crippen LogP) is 0.460. The van der Waals surface area contributed by atoms with Gasteiger partial charge in [0.2, 0.25) is 5.70 Å². The summed E-state index contributed by atoms with van der Waals surface area (Å²) in [5.74, 6) is 0. The molecule has 0 N–H and O–H groups in total. The van der Waals surface area contributed by atoms with Crippen LogP contribution >= 0.6 is 0 Å². The molecule has 0 spiro atoms. The molecule has 0 aromatic carbocycles. The average molecular weight is 309 g/mol. The van der Waals surface area contributed by atoms with Gasteiger partial charge in [0.25, 0.3) is 0 Å². The first-order valence-electron chi connectivity index (χ1n) is 4.10. The second-order valence-electron chi connectivity index (χ2n) is 3.13. The molecule has 2 nitrogen and oxygen atoms in total. The van der Waals surface area contributed by atoms with E-state index in [4.69, 9.17) is 11.8 Å². The third kappa shape index (κ3) is 3.38. The first-order chi connectivity index (χ1) is 8.05. The summed E-state index contributed by atoms with van der Waals surface area (Å²) in [6.45, 7) is 6.38. The van der Waals surface area contributed by atoms with Crippen molar-refractivity contribution in [2.45, 2.75) is 18.5 Å². The summed E-state index contributed by atoms with van der Waals surface area (Å²) >= 11 is 0. The van der Waals surface area contributed by atoms with Gasteiger partial charge in [-0.15, -0.1) is 0 Å². The van der Waals surface area contributed by atoms with E-state index >= 15 is 0 Å². The number of allylic oxidation sites excluding steroid dienone is 3. The Morgan fingerprint density at radius 1 is 1.05 bits per heavy atom. The molecule has 0 amide bonds. The Labute approximate surface area is 144 Å². The fourth-order valence-corrected chi connectivity index (χ4v) is 1.45. The fourth-order valence-electron chi connectivity index (χ4n) is 1.45. The SMILES string of the molecule is [C-]#[N+]C1=C(C(F)(F)F)C(F)C(C(F)(F)F)=C1C#N.[K+]. The summed E-state index contributed by atoms with van der Waals surface area (Å²) in [5.41, 5.74) is -7.80. The van der Waals surface area contributed by atoms with Gasteiger partial charge in [-0.05, 0) is 0 Å². The molecule has 0 saturated carbocycles. The van der Waals surface area contributed by atoms with Crippen molar-refractivity contribution in [3.63, 3.8) is 0 Å². The Kier molecular flexibility index (Phi) is 5.81. The van der Waals surface area contributed by atoms with Crippen LogP contribution in [-0.4, -0.2) is 18.5 Å². The first kappa shape index (κ1) is 18.6. The van der Waals surface area contributed by atoms with Crippen LogP contribution < -0.4 is 51.4 Å². The Morgan fingerprint density at radius 2 is 1.47 bits per heavy atom. The van der Waals surface area contributed by atoms with Crippen molar-refractivity contribution >= 4 is 0 Å². The maximum absolute atomic E-state index is 13.3. The number of hydrogen-bond donors (Lipinski definition) is 0. The smallest absolute Gasteiger partial charge is 0.238 e. The van der Waals surface area contributed by atoms with E-state index in [1.54, 1.807) is 0 Å². The molecule has 0 aliphatic heterocycles. The van der Waals surface area contributed by atoms with Crippen LogP contribution in [-0.2, 0) is 0 Å². The van der Waals surface area contributed by atoms with E-state index in [2.05, 4.69) is 4.85 Å². The largest absolute Gasteiger partial charge is 1.00 e. The van der Waals surface area contributed by atoms with Gasteiger partial charge < -0.3 is 0 Å². The molecule has 0 aromatic heterocycles. The van der Waals surface area contributed by atoms with E-state index in [-0.39, 0.29) is 51.4 Å². The predicted molar refractivity (Wildman–Crippen MR) is 43.3 cm³/mol. The zero-order valence-corrected chi connectivity index (χ0v) is 12.2. The van der Waals surface area contributed by atoms with Gasteiger partial charge in [0, 0.05) is 0 Å². The number of alkyl halides is 7. The first-order valence-corrected chi connectivity index (χ1v) is 4.10. The monoisotopic (exact) mass is 309 g/mol. The van der Waals surface area contributed by atoms with Crippen LogP contribution in [0, 0.1) is 17.9 Å². The second-order valence-corrected chi connectivity index (χ2v) is 3.13. The topological polar surface area (TPSA) is 28.1 Å². The molecule has 10 heteroatoms. The minimum atomic E-state index is -5.45. The van der Waals surface area contributed by atoms with E-state index < -0.39 is 40.9 Å². The zero-order valence-electron chi connectivity index (χ0n) is 9.12. The molecule has 0 radical (unpaired) electrons. The molecule has 19 heavy (non-hydrogen) atoms. The maximum atomic E-state index is 13.3. The van der Waals surface area contributed by atoms with Crippen LogP contribution in [0.2, 0.25) is 0 Å². The molecular formula is C9HF7KN2+. The molecule has 0 heterocycles. The Bertz CT molecular complexity index is 479. The molecule has 1 unspecified atom stereocenters. The Balaban J connectivity index is 0.00000324. The number of halogens is 7. The number of nitriles is 1. The van der Waals surface area contributed by atoms with Gasteiger partial charge in [-0.3, -0.25) is 0 Å². The number of hydrogen-bond acceptors (Lipinski definition) is 1. The van der Waals surface area contributed by atoms with E-state index in [0.717, 1.165) is 6.07 Å². The summed E-state index contributed by atoms with van der Waals surface area (Å²) in [5, 5.41) is 8.38. The van der Waals surface area contributed by atoms with Crippen LogP contribution in [0.25, 0.3) is 4.85 Å².